The summed E-state index contributed by atoms with van der Waals surface area (Å²) in [5, 5.41) is 4.51. The number of hydrogen-bond donors (Lipinski definition) is 2. The lowest BCUT2D eigenvalue weighted by molar-refractivity contribution is 0.102. The van der Waals surface area contributed by atoms with Gasteiger partial charge < -0.3 is 16.0 Å². The van der Waals surface area contributed by atoms with Crippen molar-refractivity contribution < 1.29 is 4.79 Å². The van der Waals surface area contributed by atoms with Crippen LogP contribution in [0.4, 0.5) is 17.1 Å². The predicted octanol–water partition coefficient (Wildman–Crippen LogP) is 6.51. The largest absolute Gasteiger partial charge is 0.398 e. The summed E-state index contributed by atoms with van der Waals surface area (Å²) in [4.78, 5) is 19.6. The number of anilines is 3. The van der Waals surface area contributed by atoms with E-state index in [4.69, 9.17) is 17.3 Å². The summed E-state index contributed by atoms with van der Waals surface area (Å²) < 4.78 is 0. The highest BCUT2D eigenvalue weighted by Gasteiger charge is 2.14. The summed E-state index contributed by atoms with van der Waals surface area (Å²) in [5.74, 6) is -0.168. The molecular formula is C25H25Cl3N4O. The van der Waals surface area contributed by atoms with Crippen molar-refractivity contribution in [1.82, 2.24) is 4.98 Å². The molecule has 8 heteroatoms. The summed E-state index contributed by atoms with van der Waals surface area (Å²) >= 11 is 5.99. The van der Waals surface area contributed by atoms with E-state index < -0.39 is 0 Å². The van der Waals surface area contributed by atoms with E-state index in [9.17, 15) is 4.79 Å². The van der Waals surface area contributed by atoms with Gasteiger partial charge in [-0.25, -0.2) is 0 Å². The van der Waals surface area contributed by atoms with E-state index in [-0.39, 0.29) is 30.7 Å². The van der Waals surface area contributed by atoms with Crippen LogP contribution in [0.2, 0.25) is 5.02 Å². The number of rotatable bonds is 5. The van der Waals surface area contributed by atoms with Crippen LogP contribution >= 0.6 is 36.4 Å². The van der Waals surface area contributed by atoms with E-state index in [0.29, 0.717) is 28.5 Å². The van der Waals surface area contributed by atoms with Crippen LogP contribution < -0.4 is 16.0 Å². The van der Waals surface area contributed by atoms with Crippen molar-refractivity contribution in [3.8, 4) is 0 Å². The molecule has 172 valence electrons. The third-order valence-electron chi connectivity index (χ3n) is 5.16. The van der Waals surface area contributed by atoms with E-state index >= 15 is 0 Å². The highest BCUT2D eigenvalue weighted by atomic mass is 35.5. The SMILES string of the molecule is Cc1cc(N)c2cc(NC(=O)c3ccccc3CN(C)c3ccc(Cl)cc3)ccc2n1.Cl.Cl. The molecule has 0 bridgehead atoms. The monoisotopic (exact) mass is 502 g/mol. The number of pyridine rings is 1. The second kappa shape index (κ2) is 11.2. The van der Waals surface area contributed by atoms with Crippen LogP contribution in [-0.2, 0) is 6.54 Å². The Hall–Kier alpha value is -2.99. The van der Waals surface area contributed by atoms with Crippen molar-refractivity contribution >= 4 is 70.3 Å². The average Bonchev–Trinajstić information content (AvgIpc) is 2.75. The first-order valence-electron chi connectivity index (χ1n) is 9.93. The van der Waals surface area contributed by atoms with Crippen LogP contribution in [0.15, 0.2) is 72.8 Å². The van der Waals surface area contributed by atoms with Gasteiger partial charge in [-0.15, -0.1) is 24.8 Å². The van der Waals surface area contributed by atoms with Crippen molar-refractivity contribution in [2.45, 2.75) is 13.5 Å². The van der Waals surface area contributed by atoms with E-state index in [1.54, 1.807) is 0 Å². The second-order valence-corrected chi connectivity index (χ2v) is 7.96. The topological polar surface area (TPSA) is 71.2 Å². The maximum absolute atomic E-state index is 13.1. The van der Waals surface area contributed by atoms with Crippen molar-refractivity contribution in [3.05, 3.63) is 94.6 Å². The van der Waals surface area contributed by atoms with E-state index in [1.807, 2.05) is 86.8 Å². The number of aryl methyl sites for hydroxylation is 1. The standard InChI is InChI=1S/C25H23ClN4O.2ClH/c1-16-13-23(27)22-14-19(9-12-24(22)28-16)29-25(31)21-6-4-3-5-17(21)15-30(2)20-10-7-18(26)8-11-20;;/h3-14H,15H2,1-2H3,(H2,27,28)(H,29,31);2*1H. The molecule has 4 rings (SSSR count). The molecule has 0 aliphatic rings. The number of halogens is 3. The van der Waals surface area contributed by atoms with E-state index in [0.717, 1.165) is 27.8 Å². The van der Waals surface area contributed by atoms with Crippen LogP contribution in [0.25, 0.3) is 10.9 Å². The smallest absolute Gasteiger partial charge is 0.256 e. The first-order valence-corrected chi connectivity index (χ1v) is 10.3. The highest BCUT2D eigenvalue weighted by Crippen LogP contribution is 2.25. The van der Waals surface area contributed by atoms with Crippen molar-refractivity contribution in [2.24, 2.45) is 0 Å². The van der Waals surface area contributed by atoms with Gasteiger partial charge in [-0.05, 0) is 67.1 Å². The molecule has 0 saturated carbocycles. The molecule has 5 nitrogen and oxygen atoms in total. The number of carbonyl (C=O) groups is 1. The van der Waals surface area contributed by atoms with Crippen molar-refractivity contribution in [2.75, 3.05) is 23.0 Å². The average molecular weight is 504 g/mol. The summed E-state index contributed by atoms with van der Waals surface area (Å²) in [5.41, 5.74) is 11.7. The normalized spacial score (nSPS) is 10.2. The summed E-state index contributed by atoms with van der Waals surface area (Å²) in [6.45, 7) is 2.49. The Balaban J connectivity index is 0.00000193. The Bertz CT molecular complexity index is 1260. The zero-order chi connectivity index (χ0) is 22.0. The van der Waals surface area contributed by atoms with Crippen LogP contribution in [0, 0.1) is 6.92 Å². The minimum absolute atomic E-state index is 0. The molecule has 0 saturated heterocycles. The van der Waals surface area contributed by atoms with Crippen molar-refractivity contribution in [1.29, 1.82) is 0 Å². The predicted molar refractivity (Wildman–Crippen MR) is 143 cm³/mol. The fourth-order valence-electron chi connectivity index (χ4n) is 3.59. The van der Waals surface area contributed by atoms with Gasteiger partial charge in [0.25, 0.3) is 5.91 Å². The number of hydrogen-bond acceptors (Lipinski definition) is 4. The Morgan fingerprint density at radius 2 is 1.73 bits per heavy atom. The number of fused-ring (bicyclic) bond motifs is 1. The van der Waals surface area contributed by atoms with E-state index in [1.165, 1.54) is 0 Å². The molecule has 3 aromatic carbocycles. The number of amides is 1. The number of aromatic nitrogens is 1. The number of nitrogens with two attached hydrogens (primary N) is 1. The zero-order valence-electron chi connectivity index (χ0n) is 18.2. The lowest BCUT2D eigenvalue weighted by atomic mass is 10.1. The molecule has 0 aliphatic heterocycles. The summed E-state index contributed by atoms with van der Waals surface area (Å²) in [6, 6.07) is 22.6. The molecule has 0 atom stereocenters. The Morgan fingerprint density at radius 1 is 1.03 bits per heavy atom. The maximum Gasteiger partial charge on any atom is 0.256 e. The van der Waals surface area contributed by atoms with Crippen LogP contribution in [0.1, 0.15) is 21.6 Å². The van der Waals surface area contributed by atoms with Crippen LogP contribution in [0.3, 0.4) is 0 Å². The third kappa shape index (κ3) is 6.08. The molecule has 0 spiro atoms. The molecule has 4 aromatic rings. The van der Waals surface area contributed by atoms with E-state index in [2.05, 4.69) is 15.2 Å². The highest BCUT2D eigenvalue weighted by molar-refractivity contribution is 6.30. The molecule has 0 aliphatic carbocycles. The number of carbonyl (C=O) groups excluding carboxylic acids is 1. The Labute approximate surface area is 210 Å². The molecule has 3 N–H and O–H groups in total. The lowest BCUT2D eigenvalue weighted by Gasteiger charge is -2.21. The molecular weight excluding hydrogens is 479 g/mol. The van der Waals surface area contributed by atoms with Gasteiger partial charge in [-0.3, -0.25) is 9.78 Å². The zero-order valence-corrected chi connectivity index (χ0v) is 20.6. The number of nitrogens with zero attached hydrogens (tertiary/aromatic N) is 2. The Morgan fingerprint density at radius 3 is 2.45 bits per heavy atom. The fourth-order valence-corrected chi connectivity index (χ4v) is 3.71. The Kier molecular flexibility index (Phi) is 8.94. The van der Waals surface area contributed by atoms with Gasteiger partial charge in [-0.2, -0.15) is 0 Å². The molecule has 33 heavy (non-hydrogen) atoms. The van der Waals surface area contributed by atoms with Gasteiger partial charge in [0, 0.05) is 52.3 Å². The third-order valence-corrected chi connectivity index (χ3v) is 5.42. The minimum atomic E-state index is -0.168. The van der Waals surface area contributed by atoms with Crippen molar-refractivity contribution in [3.63, 3.8) is 0 Å². The molecule has 1 amide bonds. The van der Waals surface area contributed by atoms with Gasteiger partial charge in [0.05, 0.1) is 5.52 Å². The van der Waals surface area contributed by atoms with Gasteiger partial charge in [0.15, 0.2) is 0 Å². The fraction of sp³-hybridized carbons (Fsp3) is 0.120. The van der Waals surface area contributed by atoms with Gasteiger partial charge in [-0.1, -0.05) is 29.8 Å². The van der Waals surface area contributed by atoms with Gasteiger partial charge in [0.1, 0.15) is 0 Å². The molecule has 0 radical (unpaired) electrons. The number of nitrogen functional groups attached to an aromatic ring is 1. The molecule has 1 heterocycles. The molecule has 1 aromatic heterocycles. The number of nitrogens with one attached hydrogen (secondary N) is 1. The van der Waals surface area contributed by atoms with Gasteiger partial charge >= 0.3 is 0 Å². The van der Waals surface area contributed by atoms with Crippen LogP contribution in [-0.4, -0.2) is 17.9 Å². The number of benzene rings is 3. The first-order chi connectivity index (χ1) is 14.9. The second-order valence-electron chi connectivity index (χ2n) is 7.53. The quantitative estimate of drug-likeness (QED) is 0.325. The van der Waals surface area contributed by atoms with Gasteiger partial charge in [0.2, 0.25) is 0 Å². The van der Waals surface area contributed by atoms with Crippen LogP contribution in [0.5, 0.6) is 0 Å². The first kappa shape index (κ1) is 26.3. The maximum atomic E-state index is 13.1. The molecule has 0 unspecified atom stereocenters. The lowest BCUT2D eigenvalue weighted by Crippen LogP contribution is -2.20. The minimum Gasteiger partial charge on any atom is -0.398 e. The molecule has 0 fully saturated rings. The summed E-state index contributed by atoms with van der Waals surface area (Å²) in [6.07, 6.45) is 0. The summed E-state index contributed by atoms with van der Waals surface area (Å²) in [7, 11) is 1.99.